The molecule has 0 N–H and O–H groups in total. The summed E-state index contributed by atoms with van der Waals surface area (Å²) in [4.78, 5) is 3.83. The van der Waals surface area contributed by atoms with Crippen molar-refractivity contribution in [1.82, 2.24) is 4.98 Å². The van der Waals surface area contributed by atoms with Crippen LogP contribution < -0.4 is 4.74 Å². The fourth-order valence-electron chi connectivity index (χ4n) is 1.85. The average molecular weight is 195 g/mol. The maximum Gasteiger partial charge on any atom is 0.173 e. The van der Waals surface area contributed by atoms with E-state index in [0.717, 1.165) is 0 Å². The second-order valence-electron chi connectivity index (χ2n) is 3.77. The van der Waals surface area contributed by atoms with E-state index >= 15 is 0 Å². The molecule has 0 atom stereocenters. The summed E-state index contributed by atoms with van der Waals surface area (Å²) in [5.74, 6) is 0.562. The van der Waals surface area contributed by atoms with Gasteiger partial charge in [-0.2, -0.15) is 0 Å². The largest absolute Gasteiger partial charge is 0.489 e. The van der Waals surface area contributed by atoms with Crippen LogP contribution in [0.2, 0.25) is 0 Å². The molecule has 0 spiro atoms. The van der Waals surface area contributed by atoms with Gasteiger partial charge in [-0.15, -0.1) is 0 Å². The minimum Gasteiger partial charge on any atom is -0.489 e. The summed E-state index contributed by atoms with van der Waals surface area (Å²) in [6, 6.07) is 1.32. The second-order valence-corrected chi connectivity index (χ2v) is 3.77. The van der Waals surface area contributed by atoms with Crippen LogP contribution in [0, 0.1) is 11.7 Å². The van der Waals surface area contributed by atoms with Gasteiger partial charge in [0.2, 0.25) is 0 Å². The maximum absolute atomic E-state index is 13.1. The Balaban J connectivity index is 1.88. The maximum atomic E-state index is 13.1. The standard InChI is InChI=1S/C11H14FNO/c12-10-5-6-13-7-11(10)14-8-9-3-1-2-4-9/h5-7,9H,1-4,8H2. The number of hydrogen-bond donors (Lipinski definition) is 0. The third-order valence-electron chi connectivity index (χ3n) is 2.68. The van der Waals surface area contributed by atoms with Crippen LogP contribution in [0.25, 0.3) is 0 Å². The van der Waals surface area contributed by atoms with Crippen molar-refractivity contribution in [1.29, 1.82) is 0 Å². The van der Waals surface area contributed by atoms with Gasteiger partial charge in [0.15, 0.2) is 11.6 Å². The normalized spacial score (nSPS) is 17.2. The highest BCUT2D eigenvalue weighted by Gasteiger charge is 2.16. The molecule has 0 bridgehead atoms. The molecule has 0 radical (unpaired) electrons. The SMILES string of the molecule is Fc1ccncc1OCC1CCCC1. The number of aromatic nitrogens is 1. The molecule has 1 fully saturated rings. The summed E-state index contributed by atoms with van der Waals surface area (Å²) in [6.45, 7) is 0.628. The Labute approximate surface area is 83.1 Å². The summed E-state index contributed by atoms with van der Waals surface area (Å²) in [6.07, 6.45) is 7.85. The smallest absolute Gasteiger partial charge is 0.173 e. The van der Waals surface area contributed by atoms with Crippen molar-refractivity contribution in [3.05, 3.63) is 24.3 Å². The number of hydrogen-bond acceptors (Lipinski definition) is 2. The quantitative estimate of drug-likeness (QED) is 0.739. The predicted octanol–water partition coefficient (Wildman–Crippen LogP) is 2.79. The number of halogens is 1. The van der Waals surface area contributed by atoms with E-state index in [9.17, 15) is 4.39 Å². The van der Waals surface area contributed by atoms with Crippen LogP contribution in [0.15, 0.2) is 18.5 Å². The predicted molar refractivity (Wildman–Crippen MR) is 51.6 cm³/mol. The van der Waals surface area contributed by atoms with Crippen molar-refractivity contribution in [3.8, 4) is 5.75 Å². The Kier molecular flexibility index (Phi) is 2.96. The van der Waals surface area contributed by atoms with E-state index in [-0.39, 0.29) is 11.6 Å². The van der Waals surface area contributed by atoms with Crippen LogP contribution in [0.1, 0.15) is 25.7 Å². The van der Waals surface area contributed by atoms with Crippen molar-refractivity contribution in [3.63, 3.8) is 0 Å². The van der Waals surface area contributed by atoms with Gasteiger partial charge in [0.05, 0.1) is 12.8 Å². The molecule has 3 heteroatoms. The highest BCUT2D eigenvalue weighted by Crippen LogP contribution is 2.25. The molecule has 1 saturated carbocycles. The molecule has 0 unspecified atom stereocenters. The molecule has 1 aromatic heterocycles. The highest BCUT2D eigenvalue weighted by atomic mass is 19.1. The first kappa shape index (κ1) is 9.44. The van der Waals surface area contributed by atoms with Gasteiger partial charge < -0.3 is 4.74 Å². The van der Waals surface area contributed by atoms with E-state index in [0.29, 0.717) is 12.5 Å². The Hall–Kier alpha value is -1.12. The molecule has 0 amide bonds. The van der Waals surface area contributed by atoms with Gasteiger partial charge >= 0.3 is 0 Å². The Morgan fingerprint density at radius 2 is 2.21 bits per heavy atom. The van der Waals surface area contributed by atoms with Crippen molar-refractivity contribution < 1.29 is 9.13 Å². The lowest BCUT2D eigenvalue weighted by Gasteiger charge is -2.10. The molecule has 0 aromatic carbocycles. The van der Waals surface area contributed by atoms with Crippen LogP contribution >= 0.6 is 0 Å². The van der Waals surface area contributed by atoms with Gasteiger partial charge in [-0.25, -0.2) is 4.39 Å². The molecule has 14 heavy (non-hydrogen) atoms. The third kappa shape index (κ3) is 2.22. The monoisotopic (exact) mass is 195 g/mol. The zero-order chi connectivity index (χ0) is 9.80. The topological polar surface area (TPSA) is 22.1 Å². The van der Waals surface area contributed by atoms with E-state index in [4.69, 9.17) is 4.74 Å². The van der Waals surface area contributed by atoms with Crippen LogP contribution in [0.4, 0.5) is 4.39 Å². The van der Waals surface area contributed by atoms with E-state index in [1.807, 2.05) is 0 Å². The van der Waals surface area contributed by atoms with Gasteiger partial charge in [0.1, 0.15) is 0 Å². The van der Waals surface area contributed by atoms with Crippen LogP contribution in [0.3, 0.4) is 0 Å². The Bertz CT molecular complexity index is 297. The molecular weight excluding hydrogens is 181 g/mol. The van der Waals surface area contributed by atoms with Gasteiger partial charge in [-0.3, -0.25) is 4.98 Å². The fourth-order valence-corrected chi connectivity index (χ4v) is 1.85. The highest BCUT2D eigenvalue weighted by molar-refractivity contribution is 5.18. The zero-order valence-electron chi connectivity index (χ0n) is 8.08. The molecule has 2 nitrogen and oxygen atoms in total. The van der Waals surface area contributed by atoms with Crippen LogP contribution in [-0.4, -0.2) is 11.6 Å². The average Bonchev–Trinajstić information content (AvgIpc) is 2.69. The van der Waals surface area contributed by atoms with E-state index in [1.54, 1.807) is 0 Å². The van der Waals surface area contributed by atoms with Crippen LogP contribution in [-0.2, 0) is 0 Å². The molecule has 76 valence electrons. The van der Waals surface area contributed by atoms with E-state index in [2.05, 4.69) is 4.98 Å². The van der Waals surface area contributed by atoms with Crippen LogP contribution in [0.5, 0.6) is 5.75 Å². The molecule has 1 aromatic rings. The van der Waals surface area contributed by atoms with Gasteiger partial charge in [0.25, 0.3) is 0 Å². The number of rotatable bonds is 3. The lowest BCUT2D eigenvalue weighted by molar-refractivity contribution is 0.241. The minimum absolute atomic E-state index is 0.277. The lowest BCUT2D eigenvalue weighted by Crippen LogP contribution is -2.08. The van der Waals surface area contributed by atoms with Crippen molar-refractivity contribution >= 4 is 0 Å². The summed E-state index contributed by atoms with van der Waals surface area (Å²) in [7, 11) is 0. The second kappa shape index (κ2) is 4.40. The third-order valence-corrected chi connectivity index (χ3v) is 2.68. The first-order valence-corrected chi connectivity index (χ1v) is 5.08. The first-order chi connectivity index (χ1) is 6.86. The van der Waals surface area contributed by atoms with Crippen molar-refractivity contribution in [2.24, 2.45) is 5.92 Å². The summed E-state index contributed by atoms with van der Waals surface area (Å²) < 4.78 is 18.5. The number of nitrogens with zero attached hydrogens (tertiary/aromatic N) is 1. The Morgan fingerprint density at radius 3 is 2.93 bits per heavy atom. The molecule has 1 aliphatic carbocycles. The van der Waals surface area contributed by atoms with Crippen molar-refractivity contribution in [2.75, 3.05) is 6.61 Å². The van der Waals surface area contributed by atoms with E-state index in [1.165, 1.54) is 44.1 Å². The van der Waals surface area contributed by atoms with Gasteiger partial charge in [-0.05, 0) is 24.8 Å². The number of pyridine rings is 1. The van der Waals surface area contributed by atoms with Gasteiger partial charge in [0, 0.05) is 6.20 Å². The Morgan fingerprint density at radius 1 is 1.43 bits per heavy atom. The summed E-state index contributed by atoms with van der Waals surface area (Å²) in [5.41, 5.74) is 0. The molecule has 0 saturated heterocycles. The molecule has 1 aliphatic rings. The molecule has 2 rings (SSSR count). The summed E-state index contributed by atoms with van der Waals surface area (Å²) in [5, 5.41) is 0. The minimum atomic E-state index is -0.321. The van der Waals surface area contributed by atoms with E-state index < -0.39 is 0 Å². The fraction of sp³-hybridized carbons (Fsp3) is 0.545. The summed E-state index contributed by atoms with van der Waals surface area (Å²) >= 11 is 0. The molecule has 1 heterocycles. The van der Waals surface area contributed by atoms with Crippen molar-refractivity contribution in [2.45, 2.75) is 25.7 Å². The number of ether oxygens (including phenoxy) is 1. The van der Waals surface area contributed by atoms with Gasteiger partial charge in [-0.1, -0.05) is 12.8 Å². The molecular formula is C11H14FNO. The zero-order valence-corrected chi connectivity index (χ0v) is 8.08. The molecule has 0 aliphatic heterocycles. The first-order valence-electron chi connectivity index (χ1n) is 5.08. The lowest BCUT2D eigenvalue weighted by atomic mass is 10.1.